The standard InChI is InChI=1S/C15H25NO3/c1-4-17-10-12(3)19-11-15(16)13-6-8-14(9-7-13)18-5-2/h6-9,12,15H,4-5,10-11,16H2,1-3H3. The van der Waals surface area contributed by atoms with E-state index in [0.29, 0.717) is 26.4 Å². The van der Waals surface area contributed by atoms with Gasteiger partial charge in [-0.1, -0.05) is 12.1 Å². The summed E-state index contributed by atoms with van der Waals surface area (Å²) in [5.74, 6) is 0.865. The van der Waals surface area contributed by atoms with Gasteiger partial charge >= 0.3 is 0 Å². The Kier molecular flexibility index (Phi) is 7.48. The lowest BCUT2D eigenvalue weighted by atomic mass is 10.1. The lowest BCUT2D eigenvalue weighted by Gasteiger charge is -2.17. The highest BCUT2D eigenvalue weighted by molar-refractivity contribution is 5.29. The maximum atomic E-state index is 6.09. The fraction of sp³-hybridized carbons (Fsp3) is 0.600. The molecule has 0 aliphatic rings. The first-order chi connectivity index (χ1) is 9.17. The molecule has 4 nitrogen and oxygen atoms in total. The molecule has 1 aromatic carbocycles. The Labute approximate surface area is 115 Å². The number of rotatable bonds is 9. The zero-order chi connectivity index (χ0) is 14.1. The molecule has 1 aromatic rings. The van der Waals surface area contributed by atoms with Gasteiger partial charge in [-0.3, -0.25) is 0 Å². The zero-order valence-electron chi connectivity index (χ0n) is 12.1. The Hall–Kier alpha value is -1.10. The van der Waals surface area contributed by atoms with Crippen LogP contribution >= 0.6 is 0 Å². The van der Waals surface area contributed by atoms with Crippen LogP contribution in [-0.2, 0) is 9.47 Å². The quantitative estimate of drug-likeness (QED) is 0.747. The maximum absolute atomic E-state index is 6.09. The van der Waals surface area contributed by atoms with Gasteiger partial charge < -0.3 is 19.9 Å². The van der Waals surface area contributed by atoms with Crippen molar-refractivity contribution in [3.63, 3.8) is 0 Å². The SMILES string of the molecule is CCOCC(C)OCC(N)c1ccc(OCC)cc1. The van der Waals surface area contributed by atoms with Crippen molar-refractivity contribution in [3.8, 4) is 5.75 Å². The van der Waals surface area contributed by atoms with Crippen molar-refractivity contribution in [2.45, 2.75) is 32.9 Å². The Bertz CT molecular complexity index is 340. The Morgan fingerprint density at radius 1 is 1.05 bits per heavy atom. The Balaban J connectivity index is 2.38. The molecule has 0 spiro atoms. The summed E-state index contributed by atoms with van der Waals surface area (Å²) in [7, 11) is 0. The zero-order valence-corrected chi connectivity index (χ0v) is 12.1. The van der Waals surface area contributed by atoms with Gasteiger partial charge in [-0.15, -0.1) is 0 Å². The van der Waals surface area contributed by atoms with E-state index in [4.69, 9.17) is 19.9 Å². The highest BCUT2D eigenvalue weighted by atomic mass is 16.5. The molecule has 19 heavy (non-hydrogen) atoms. The topological polar surface area (TPSA) is 53.7 Å². The third kappa shape index (κ3) is 6.05. The van der Waals surface area contributed by atoms with Gasteiger partial charge in [0.05, 0.1) is 32.0 Å². The van der Waals surface area contributed by atoms with Crippen molar-refractivity contribution in [1.29, 1.82) is 0 Å². The lowest BCUT2D eigenvalue weighted by molar-refractivity contribution is -0.00835. The molecule has 108 valence electrons. The van der Waals surface area contributed by atoms with Gasteiger partial charge in [0.15, 0.2) is 0 Å². The first-order valence-electron chi connectivity index (χ1n) is 6.85. The molecular weight excluding hydrogens is 242 g/mol. The lowest BCUT2D eigenvalue weighted by Crippen LogP contribution is -2.23. The van der Waals surface area contributed by atoms with Crippen molar-refractivity contribution < 1.29 is 14.2 Å². The van der Waals surface area contributed by atoms with Crippen LogP contribution in [0.15, 0.2) is 24.3 Å². The van der Waals surface area contributed by atoms with Crippen LogP contribution in [0.3, 0.4) is 0 Å². The molecule has 0 heterocycles. The minimum Gasteiger partial charge on any atom is -0.494 e. The highest BCUT2D eigenvalue weighted by Crippen LogP contribution is 2.17. The molecule has 2 N–H and O–H groups in total. The van der Waals surface area contributed by atoms with E-state index in [1.165, 1.54) is 0 Å². The minimum atomic E-state index is -0.125. The number of hydrogen-bond donors (Lipinski definition) is 1. The summed E-state index contributed by atoms with van der Waals surface area (Å²) in [5, 5.41) is 0. The normalized spacial score (nSPS) is 14.1. The number of ether oxygens (including phenoxy) is 3. The van der Waals surface area contributed by atoms with Crippen molar-refractivity contribution in [3.05, 3.63) is 29.8 Å². The summed E-state index contributed by atoms with van der Waals surface area (Å²) in [4.78, 5) is 0. The van der Waals surface area contributed by atoms with Crippen LogP contribution in [0.2, 0.25) is 0 Å². The fourth-order valence-corrected chi connectivity index (χ4v) is 1.67. The molecule has 0 amide bonds. The van der Waals surface area contributed by atoms with Crippen molar-refractivity contribution in [1.82, 2.24) is 0 Å². The molecule has 0 fully saturated rings. The van der Waals surface area contributed by atoms with E-state index in [-0.39, 0.29) is 12.1 Å². The van der Waals surface area contributed by atoms with Crippen molar-refractivity contribution >= 4 is 0 Å². The van der Waals surface area contributed by atoms with Gasteiger partial charge in [-0.2, -0.15) is 0 Å². The monoisotopic (exact) mass is 267 g/mol. The summed E-state index contributed by atoms with van der Waals surface area (Å²) in [5.41, 5.74) is 7.14. The summed E-state index contributed by atoms with van der Waals surface area (Å²) >= 11 is 0. The second kappa shape index (κ2) is 8.91. The van der Waals surface area contributed by atoms with E-state index in [1.54, 1.807) is 0 Å². The number of benzene rings is 1. The molecule has 2 atom stereocenters. The van der Waals surface area contributed by atoms with E-state index in [0.717, 1.165) is 11.3 Å². The van der Waals surface area contributed by atoms with Crippen molar-refractivity contribution in [2.75, 3.05) is 26.4 Å². The molecule has 0 saturated carbocycles. The van der Waals surface area contributed by atoms with Gasteiger partial charge in [-0.25, -0.2) is 0 Å². The maximum Gasteiger partial charge on any atom is 0.119 e. The molecule has 0 aliphatic heterocycles. The van der Waals surface area contributed by atoms with E-state index in [2.05, 4.69) is 0 Å². The molecular formula is C15H25NO3. The molecule has 1 rings (SSSR count). The predicted molar refractivity (Wildman–Crippen MR) is 76.4 cm³/mol. The largest absolute Gasteiger partial charge is 0.494 e. The molecule has 0 aromatic heterocycles. The molecule has 2 unspecified atom stereocenters. The van der Waals surface area contributed by atoms with E-state index in [1.807, 2.05) is 45.0 Å². The predicted octanol–water partition coefficient (Wildman–Crippen LogP) is 2.53. The highest BCUT2D eigenvalue weighted by Gasteiger charge is 2.09. The van der Waals surface area contributed by atoms with Crippen LogP contribution in [0.4, 0.5) is 0 Å². The van der Waals surface area contributed by atoms with Crippen LogP contribution in [0.1, 0.15) is 32.4 Å². The summed E-state index contributed by atoms with van der Waals surface area (Å²) in [6.45, 7) is 8.39. The minimum absolute atomic E-state index is 0.0636. The van der Waals surface area contributed by atoms with Gasteiger partial charge in [0.25, 0.3) is 0 Å². The van der Waals surface area contributed by atoms with E-state index in [9.17, 15) is 0 Å². The summed E-state index contributed by atoms with van der Waals surface area (Å²) < 4.78 is 16.3. The van der Waals surface area contributed by atoms with Gasteiger partial charge in [0, 0.05) is 6.61 Å². The fourth-order valence-electron chi connectivity index (χ4n) is 1.67. The number of nitrogens with two attached hydrogens (primary N) is 1. The summed E-state index contributed by atoms with van der Waals surface area (Å²) in [6.07, 6.45) is 0.0636. The Morgan fingerprint density at radius 3 is 2.32 bits per heavy atom. The average molecular weight is 267 g/mol. The first-order valence-corrected chi connectivity index (χ1v) is 6.85. The van der Waals surface area contributed by atoms with Gasteiger partial charge in [0.2, 0.25) is 0 Å². The molecule has 0 saturated heterocycles. The second-order valence-electron chi connectivity index (χ2n) is 4.41. The van der Waals surface area contributed by atoms with Gasteiger partial charge in [0.1, 0.15) is 5.75 Å². The van der Waals surface area contributed by atoms with E-state index >= 15 is 0 Å². The number of hydrogen-bond acceptors (Lipinski definition) is 4. The molecule has 0 bridgehead atoms. The van der Waals surface area contributed by atoms with Crippen LogP contribution in [0.25, 0.3) is 0 Å². The third-order valence-corrected chi connectivity index (χ3v) is 2.74. The molecule has 0 radical (unpaired) electrons. The van der Waals surface area contributed by atoms with Crippen LogP contribution in [0.5, 0.6) is 5.75 Å². The summed E-state index contributed by atoms with van der Waals surface area (Å²) in [6, 6.07) is 7.70. The average Bonchev–Trinajstić information content (AvgIpc) is 2.43. The second-order valence-corrected chi connectivity index (χ2v) is 4.41. The van der Waals surface area contributed by atoms with Crippen LogP contribution < -0.4 is 10.5 Å². The smallest absolute Gasteiger partial charge is 0.119 e. The van der Waals surface area contributed by atoms with Crippen molar-refractivity contribution in [2.24, 2.45) is 5.73 Å². The van der Waals surface area contributed by atoms with Gasteiger partial charge in [-0.05, 0) is 38.5 Å². The molecule has 4 heteroatoms. The van der Waals surface area contributed by atoms with Crippen LogP contribution in [0, 0.1) is 0 Å². The van der Waals surface area contributed by atoms with Crippen LogP contribution in [-0.4, -0.2) is 32.5 Å². The van der Waals surface area contributed by atoms with E-state index < -0.39 is 0 Å². The first kappa shape index (κ1) is 16.0. The Morgan fingerprint density at radius 2 is 1.74 bits per heavy atom. The molecule has 0 aliphatic carbocycles. The third-order valence-electron chi connectivity index (χ3n) is 2.74.